The summed E-state index contributed by atoms with van der Waals surface area (Å²) >= 11 is 0. The molecule has 1 amide bonds. The van der Waals surface area contributed by atoms with E-state index in [1.807, 2.05) is 6.92 Å². The van der Waals surface area contributed by atoms with Crippen molar-refractivity contribution in [3.63, 3.8) is 0 Å². The molecule has 0 fully saturated rings. The lowest BCUT2D eigenvalue weighted by molar-refractivity contribution is 0.0789. The second-order valence-electron chi connectivity index (χ2n) is 4.11. The van der Waals surface area contributed by atoms with Crippen molar-refractivity contribution in [3.8, 4) is 0 Å². The van der Waals surface area contributed by atoms with Gasteiger partial charge in [-0.1, -0.05) is 0 Å². The summed E-state index contributed by atoms with van der Waals surface area (Å²) in [7, 11) is -0.651. The fourth-order valence-electron chi connectivity index (χ4n) is 1.53. The number of sulfonamides is 1. The number of nitrogens with two attached hydrogens (primary N) is 1. The number of primary sulfonamides is 1. The van der Waals surface area contributed by atoms with Gasteiger partial charge >= 0.3 is 0 Å². The standard InChI is InChI=1S/C11H19N3O4S/c1-4-13(2)11(15)10-7-9(19(12,16)17)8-14(10)5-6-18-3/h7-8H,4-6H2,1-3H3,(H2,12,16,17). The van der Waals surface area contributed by atoms with Gasteiger partial charge in [0.15, 0.2) is 0 Å². The van der Waals surface area contributed by atoms with Crippen molar-refractivity contribution >= 4 is 15.9 Å². The maximum atomic E-state index is 12.1. The van der Waals surface area contributed by atoms with Gasteiger partial charge in [-0.2, -0.15) is 0 Å². The molecule has 0 aliphatic heterocycles. The minimum Gasteiger partial charge on any atom is -0.383 e. The Morgan fingerprint density at radius 3 is 2.63 bits per heavy atom. The quantitative estimate of drug-likeness (QED) is 0.789. The van der Waals surface area contributed by atoms with Crippen molar-refractivity contribution in [2.24, 2.45) is 5.14 Å². The van der Waals surface area contributed by atoms with Crippen LogP contribution in [-0.2, 0) is 21.3 Å². The van der Waals surface area contributed by atoms with Gasteiger partial charge in [0.2, 0.25) is 10.0 Å². The number of nitrogens with zero attached hydrogens (tertiary/aromatic N) is 2. The number of carbonyl (C=O) groups excluding carboxylic acids is 1. The molecule has 8 heteroatoms. The Morgan fingerprint density at radius 2 is 2.16 bits per heavy atom. The average Bonchev–Trinajstić information content (AvgIpc) is 2.78. The molecule has 0 saturated carbocycles. The maximum Gasteiger partial charge on any atom is 0.270 e. The molecule has 0 saturated heterocycles. The van der Waals surface area contributed by atoms with Crippen LogP contribution in [0.5, 0.6) is 0 Å². The fourth-order valence-corrected chi connectivity index (χ4v) is 2.08. The second kappa shape index (κ2) is 6.18. The fraction of sp³-hybridized carbons (Fsp3) is 0.545. The summed E-state index contributed by atoms with van der Waals surface area (Å²) in [5.41, 5.74) is 0.283. The number of amides is 1. The highest BCUT2D eigenvalue weighted by molar-refractivity contribution is 7.89. The first-order valence-electron chi connectivity index (χ1n) is 5.78. The molecule has 1 heterocycles. The van der Waals surface area contributed by atoms with E-state index < -0.39 is 10.0 Å². The highest BCUT2D eigenvalue weighted by atomic mass is 32.2. The van der Waals surface area contributed by atoms with Crippen LogP contribution < -0.4 is 5.14 Å². The van der Waals surface area contributed by atoms with E-state index in [2.05, 4.69) is 0 Å². The Hall–Kier alpha value is -1.38. The summed E-state index contributed by atoms with van der Waals surface area (Å²) in [5.74, 6) is -0.256. The van der Waals surface area contributed by atoms with E-state index in [9.17, 15) is 13.2 Å². The van der Waals surface area contributed by atoms with E-state index in [1.165, 1.54) is 28.8 Å². The molecule has 0 atom stereocenters. The Balaban J connectivity index is 3.20. The van der Waals surface area contributed by atoms with Gasteiger partial charge < -0.3 is 14.2 Å². The third-order valence-electron chi connectivity index (χ3n) is 2.78. The first kappa shape index (κ1) is 15.7. The van der Waals surface area contributed by atoms with Gasteiger partial charge in [0.05, 0.1) is 6.61 Å². The van der Waals surface area contributed by atoms with Crippen molar-refractivity contribution in [2.45, 2.75) is 18.4 Å². The number of aromatic nitrogens is 1. The molecule has 1 aromatic heterocycles. The summed E-state index contributed by atoms with van der Waals surface area (Å²) in [6.45, 7) is 3.11. The normalized spacial score (nSPS) is 11.6. The average molecular weight is 289 g/mol. The molecule has 0 aliphatic rings. The minimum absolute atomic E-state index is 0.0727. The lowest BCUT2D eigenvalue weighted by Gasteiger charge is -2.15. The SMILES string of the molecule is CCN(C)C(=O)c1cc(S(N)(=O)=O)cn1CCOC. The lowest BCUT2D eigenvalue weighted by Crippen LogP contribution is -2.28. The molecule has 1 rings (SSSR count). The van der Waals surface area contributed by atoms with Crippen LogP contribution in [0.4, 0.5) is 0 Å². The van der Waals surface area contributed by atoms with Crippen molar-refractivity contribution in [1.29, 1.82) is 0 Å². The van der Waals surface area contributed by atoms with Crippen LogP contribution >= 0.6 is 0 Å². The van der Waals surface area contributed by atoms with E-state index in [1.54, 1.807) is 7.05 Å². The molecular formula is C11H19N3O4S. The van der Waals surface area contributed by atoms with Gasteiger partial charge in [-0.15, -0.1) is 0 Å². The second-order valence-corrected chi connectivity index (χ2v) is 5.67. The van der Waals surface area contributed by atoms with E-state index in [-0.39, 0.29) is 16.5 Å². The van der Waals surface area contributed by atoms with Gasteiger partial charge in [-0.05, 0) is 13.0 Å². The molecule has 0 spiro atoms. The Morgan fingerprint density at radius 1 is 1.53 bits per heavy atom. The molecule has 0 bridgehead atoms. The van der Waals surface area contributed by atoms with Crippen LogP contribution in [0, 0.1) is 0 Å². The third-order valence-corrected chi connectivity index (χ3v) is 3.66. The third kappa shape index (κ3) is 3.79. The lowest BCUT2D eigenvalue weighted by atomic mass is 10.3. The molecule has 0 aromatic carbocycles. The van der Waals surface area contributed by atoms with E-state index in [0.29, 0.717) is 19.7 Å². The molecule has 0 aliphatic carbocycles. The summed E-state index contributed by atoms with van der Waals surface area (Å²) < 4.78 is 29.2. The van der Waals surface area contributed by atoms with Gasteiger partial charge in [-0.3, -0.25) is 4.79 Å². The highest BCUT2D eigenvalue weighted by Gasteiger charge is 2.20. The Bertz CT molecular complexity index is 550. The number of carbonyl (C=O) groups is 1. The predicted molar refractivity (Wildman–Crippen MR) is 70.3 cm³/mol. The van der Waals surface area contributed by atoms with Crippen LogP contribution in [0.15, 0.2) is 17.2 Å². The van der Waals surface area contributed by atoms with Crippen molar-refractivity contribution in [3.05, 3.63) is 18.0 Å². The van der Waals surface area contributed by atoms with Gasteiger partial charge in [-0.25, -0.2) is 13.6 Å². The maximum absolute atomic E-state index is 12.1. The largest absolute Gasteiger partial charge is 0.383 e. The zero-order chi connectivity index (χ0) is 14.6. The van der Waals surface area contributed by atoms with Crippen LogP contribution in [0.3, 0.4) is 0 Å². The topological polar surface area (TPSA) is 94.6 Å². The first-order chi connectivity index (χ1) is 8.81. The van der Waals surface area contributed by atoms with Crippen LogP contribution in [-0.4, -0.2) is 51.1 Å². The molecule has 7 nitrogen and oxygen atoms in total. The number of hydrogen-bond acceptors (Lipinski definition) is 4. The summed E-state index contributed by atoms with van der Waals surface area (Å²) in [6.07, 6.45) is 1.35. The molecule has 2 N–H and O–H groups in total. The molecule has 19 heavy (non-hydrogen) atoms. The molecular weight excluding hydrogens is 270 g/mol. The number of rotatable bonds is 6. The minimum atomic E-state index is -3.83. The summed E-state index contributed by atoms with van der Waals surface area (Å²) in [4.78, 5) is 13.5. The van der Waals surface area contributed by atoms with Crippen molar-refractivity contribution in [1.82, 2.24) is 9.47 Å². The molecule has 0 radical (unpaired) electrons. The first-order valence-corrected chi connectivity index (χ1v) is 7.33. The monoisotopic (exact) mass is 289 g/mol. The number of hydrogen-bond donors (Lipinski definition) is 1. The Labute approximate surface area is 113 Å². The van der Waals surface area contributed by atoms with Crippen molar-refractivity contribution in [2.75, 3.05) is 27.3 Å². The van der Waals surface area contributed by atoms with Crippen LogP contribution in [0.1, 0.15) is 17.4 Å². The summed E-state index contributed by atoms with van der Waals surface area (Å²) in [6, 6.07) is 1.29. The van der Waals surface area contributed by atoms with Crippen LogP contribution in [0.25, 0.3) is 0 Å². The van der Waals surface area contributed by atoms with Crippen LogP contribution in [0.2, 0.25) is 0 Å². The highest BCUT2D eigenvalue weighted by Crippen LogP contribution is 2.15. The Kier molecular flexibility index (Phi) is 5.10. The van der Waals surface area contributed by atoms with E-state index >= 15 is 0 Å². The van der Waals surface area contributed by atoms with E-state index in [4.69, 9.17) is 9.88 Å². The van der Waals surface area contributed by atoms with Gasteiger partial charge in [0.1, 0.15) is 10.6 Å². The predicted octanol–water partition coefficient (Wildman–Crippen LogP) is -0.126. The summed E-state index contributed by atoms with van der Waals surface area (Å²) in [5, 5.41) is 5.08. The van der Waals surface area contributed by atoms with E-state index in [0.717, 1.165) is 0 Å². The number of methoxy groups -OCH3 is 1. The zero-order valence-corrected chi connectivity index (χ0v) is 12.1. The zero-order valence-electron chi connectivity index (χ0n) is 11.3. The smallest absolute Gasteiger partial charge is 0.270 e. The molecule has 108 valence electrons. The van der Waals surface area contributed by atoms with Gasteiger partial charge in [0, 0.05) is 33.4 Å². The number of ether oxygens (including phenoxy) is 1. The molecule has 1 aromatic rings. The van der Waals surface area contributed by atoms with Crippen molar-refractivity contribution < 1.29 is 17.9 Å². The molecule has 0 unspecified atom stereocenters. The van der Waals surface area contributed by atoms with Gasteiger partial charge in [0.25, 0.3) is 5.91 Å².